The molecular formula is C10H13N3O4. The van der Waals surface area contributed by atoms with Gasteiger partial charge in [-0.15, -0.1) is 0 Å². The molecule has 0 spiro atoms. The van der Waals surface area contributed by atoms with Gasteiger partial charge in [-0.3, -0.25) is 0 Å². The van der Waals surface area contributed by atoms with E-state index in [-0.39, 0.29) is 12.3 Å². The minimum atomic E-state index is -0.636. The molecule has 0 amide bonds. The van der Waals surface area contributed by atoms with Crippen LogP contribution in [0.1, 0.15) is 11.3 Å². The summed E-state index contributed by atoms with van der Waals surface area (Å²) in [6.45, 7) is 0.260. The fraction of sp³-hybridized carbons (Fsp3) is 0.400. The topological polar surface area (TPSA) is 82.9 Å². The van der Waals surface area contributed by atoms with Crippen LogP contribution in [-0.2, 0) is 25.7 Å². The van der Waals surface area contributed by atoms with Crippen LogP contribution < -0.4 is 0 Å². The van der Waals surface area contributed by atoms with Crippen molar-refractivity contribution in [2.24, 2.45) is 5.16 Å². The first kappa shape index (κ1) is 13.0. The summed E-state index contributed by atoms with van der Waals surface area (Å²) < 4.78 is 9.58. The predicted molar refractivity (Wildman–Crippen MR) is 58.3 cm³/mol. The van der Waals surface area contributed by atoms with Gasteiger partial charge in [0.05, 0.1) is 13.7 Å². The smallest absolute Gasteiger partial charge is 0.362 e. The SMILES string of the molecule is COCc1cncnc1C(=NOC)C(=O)OC. The molecule has 7 nitrogen and oxygen atoms in total. The van der Waals surface area contributed by atoms with Gasteiger partial charge in [-0.25, -0.2) is 14.8 Å². The van der Waals surface area contributed by atoms with E-state index in [1.54, 1.807) is 6.20 Å². The number of methoxy groups -OCH3 is 2. The van der Waals surface area contributed by atoms with E-state index in [0.29, 0.717) is 11.3 Å². The Labute approximate surface area is 98.4 Å². The molecule has 92 valence electrons. The summed E-state index contributed by atoms with van der Waals surface area (Å²) in [5.41, 5.74) is 0.927. The Bertz CT molecular complexity index is 420. The molecule has 0 aromatic carbocycles. The van der Waals surface area contributed by atoms with Crippen LogP contribution in [0.3, 0.4) is 0 Å². The van der Waals surface area contributed by atoms with Crippen LogP contribution in [0.25, 0.3) is 0 Å². The van der Waals surface area contributed by atoms with Crippen molar-refractivity contribution in [2.45, 2.75) is 6.61 Å². The average molecular weight is 239 g/mol. The van der Waals surface area contributed by atoms with E-state index in [2.05, 4.69) is 24.7 Å². The van der Waals surface area contributed by atoms with Gasteiger partial charge in [0, 0.05) is 18.9 Å². The zero-order valence-corrected chi connectivity index (χ0v) is 9.84. The highest BCUT2D eigenvalue weighted by atomic mass is 16.6. The van der Waals surface area contributed by atoms with Crippen LogP contribution >= 0.6 is 0 Å². The molecule has 0 radical (unpaired) electrons. The third-order valence-corrected chi connectivity index (χ3v) is 1.87. The van der Waals surface area contributed by atoms with Crippen molar-refractivity contribution in [3.63, 3.8) is 0 Å². The lowest BCUT2D eigenvalue weighted by atomic mass is 10.1. The second-order valence-corrected chi connectivity index (χ2v) is 2.94. The van der Waals surface area contributed by atoms with E-state index >= 15 is 0 Å². The zero-order chi connectivity index (χ0) is 12.7. The van der Waals surface area contributed by atoms with Crippen molar-refractivity contribution in [3.8, 4) is 0 Å². The third kappa shape index (κ3) is 3.22. The van der Waals surface area contributed by atoms with Crippen LogP contribution in [0, 0.1) is 0 Å². The van der Waals surface area contributed by atoms with Crippen molar-refractivity contribution in [2.75, 3.05) is 21.3 Å². The first-order valence-corrected chi connectivity index (χ1v) is 4.72. The summed E-state index contributed by atoms with van der Waals surface area (Å²) in [6.07, 6.45) is 2.85. The van der Waals surface area contributed by atoms with Crippen LogP contribution in [0.4, 0.5) is 0 Å². The van der Waals surface area contributed by atoms with Gasteiger partial charge >= 0.3 is 5.97 Å². The number of oxime groups is 1. The molecule has 1 heterocycles. The van der Waals surface area contributed by atoms with Crippen LogP contribution in [0.15, 0.2) is 17.7 Å². The van der Waals surface area contributed by atoms with E-state index in [1.807, 2.05) is 0 Å². The van der Waals surface area contributed by atoms with Crippen molar-refractivity contribution in [1.82, 2.24) is 9.97 Å². The van der Waals surface area contributed by atoms with Gasteiger partial charge in [0.25, 0.3) is 0 Å². The van der Waals surface area contributed by atoms with Gasteiger partial charge in [0.2, 0.25) is 5.71 Å². The van der Waals surface area contributed by atoms with E-state index in [1.165, 1.54) is 27.7 Å². The normalized spacial score (nSPS) is 11.1. The summed E-state index contributed by atoms with van der Waals surface area (Å²) in [4.78, 5) is 24.0. The van der Waals surface area contributed by atoms with Gasteiger partial charge in [-0.1, -0.05) is 5.16 Å². The largest absolute Gasteiger partial charge is 0.464 e. The molecule has 0 saturated carbocycles. The summed E-state index contributed by atoms with van der Waals surface area (Å²) >= 11 is 0. The summed E-state index contributed by atoms with van der Waals surface area (Å²) in [6, 6.07) is 0. The lowest BCUT2D eigenvalue weighted by Crippen LogP contribution is -2.21. The fourth-order valence-electron chi connectivity index (χ4n) is 1.20. The molecule has 17 heavy (non-hydrogen) atoms. The molecule has 7 heteroatoms. The Kier molecular flexibility index (Phi) is 5.02. The quantitative estimate of drug-likeness (QED) is 0.413. The fourth-order valence-corrected chi connectivity index (χ4v) is 1.20. The number of ether oxygens (including phenoxy) is 2. The number of hydrogen-bond acceptors (Lipinski definition) is 7. The maximum Gasteiger partial charge on any atom is 0.362 e. The lowest BCUT2D eigenvalue weighted by molar-refractivity contribution is -0.132. The first-order valence-electron chi connectivity index (χ1n) is 4.72. The molecule has 0 aliphatic rings. The minimum Gasteiger partial charge on any atom is -0.464 e. The highest BCUT2D eigenvalue weighted by Gasteiger charge is 2.20. The molecule has 1 aromatic heterocycles. The second kappa shape index (κ2) is 6.54. The van der Waals surface area contributed by atoms with Crippen LogP contribution in [0.2, 0.25) is 0 Å². The van der Waals surface area contributed by atoms with Crippen molar-refractivity contribution >= 4 is 11.7 Å². The van der Waals surface area contributed by atoms with Crippen molar-refractivity contribution in [1.29, 1.82) is 0 Å². The molecule has 1 rings (SSSR count). The van der Waals surface area contributed by atoms with E-state index in [4.69, 9.17) is 4.74 Å². The van der Waals surface area contributed by atoms with E-state index in [0.717, 1.165) is 0 Å². The third-order valence-electron chi connectivity index (χ3n) is 1.87. The van der Waals surface area contributed by atoms with Crippen molar-refractivity contribution in [3.05, 3.63) is 23.8 Å². The molecule has 0 unspecified atom stereocenters. The Morgan fingerprint density at radius 3 is 2.76 bits per heavy atom. The molecule has 0 aliphatic heterocycles. The summed E-state index contributed by atoms with van der Waals surface area (Å²) in [7, 11) is 4.12. The highest BCUT2D eigenvalue weighted by Crippen LogP contribution is 2.08. The number of rotatable bonds is 5. The Morgan fingerprint density at radius 2 is 2.18 bits per heavy atom. The Hall–Kier alpha value is -2.02. The predicted octanol–water partition coefficient (Wildman–Crippen LogP) is 0.146. The molecule has 0 aliphatic carbocycles. The van der Waals surface area contributed by atoms with Crippen molar-refractivity contribution < 1.29 is 19.1 Å². The number of esters is 1. The highest BCUT2D eigenvalue weighted by molar-refractivity contribution is 6.42. The molecule has 0 atom stereocenters. The molecule has 0 saturated heterocycles. The molecule has 0 N–H and O–H groups in total. The Balaban J connectivity index is 3.18. The maximum absolute atomic E-state index is 11.5. The standard InChI is InChI=1S/C10H13N3O4/c1-15-5-7-4-11-6-12-8(7)9(13-17-3)10(14)16-2/h4,6H,5H2,1-3H3. The van der Waals surface area contributed by atoms with Crippen LogP contribution in [0.5, 0.6) is 0 Å². The van der Waals surface area contributed by atoms with Gasteiger partial charge < -0.3 is 14.3 Å². The van der Waals surface area contributed by atoms with E-state index < -0.39 is 5.97 Å². The van der Waals surface area contributed by atoms with E-state index in [9.17, 15) is 4.79 Å². The zero-order valence-electron chi connectivity index (χ0n) is 9.84. The Morgan fingerprint density at radius 1 is 1.41 bits per heavy atom. The molecule has 0 bridgehead atoms. The molecule has 0 fully saturated rings. The molecule has 1 aromatic rings. The van der Waals surface area contributed by atoms with Gasteiger partial charge in [-0.2, -0.15) is 0 Å². The maximum atomic E-state index is 11.5. The minimum absolute atomic E-state index is 0.0237. The monoisotopic (exact) mass is 239 g/mol. The lowest BCUT2D eigenvalue weighted by Gasteiger charge is -2.07. The van der Waals surface area contributed by atoms with Gasteiger partial charge in [0.15, 0.2) is 0 Å². The average Bonchev–Trinajstić information content (AvgIpc) is 2.36. The second-order valence-electron chi connectivity index (χ2n) is 2.94. The first-order chi connectivity index (χ1) is 8.24. The van der Waals surface area contributed by atoms with Gasteiger partial charge in [-0.05, 0) is 0 Å². The number of carbonyl (C=O) groups is 1. The number of aromatic nitrogens is 2. The van der Waals surface area contributed by atoms with Crippen LogP contribution in [-0.4, -0.2) is 43.0 Å². The molecular weight excluding hydrogens is 226 g/mol. The number of carbonyl (C=O) groups excluding carboxylic acids is 1. The summed E-state index contributed by atoms with van der Waals surface area (Å²) in [5, 5.41) is 3.60. The number of nitrogens with zero attached hydrogens (tertiary/aromatic N) is 3. The number of hydrogen-bond donors (Lipinski definition) is 0. The van der Waals surface area contributed by atoms with Gasteiger partial charge in [0.1, 0.15) is 19.1 Å². The summed E-state index contributed by atoms with van der Waals surface area (Å²) in [5.74, 6) is -0.636.